The van der Waals surface area contributed by atoms with Gasteiger partial charge in [0.05, 0.1) is 17.5 Å². The maximum absolute atomic E-state index is 12.1. The zero-order chi connectivity index (χ0) is 17.2. The number of aromatic nitrogens is 4. The number of pyridine rings is 1. The minimum absolute atomic E-state index is 0.109. The highest BCUT2D eigenvalue weighted by Crippen LogP contribution is 2.20. The lowest BCUT2D eigenvalue weighted by Crippen LogP contribution is -2.11. The summed E-state index contributed by atoms with van der Waals surface area (Å²) < 4.78 is 1.69. The Morgan fingerprint density at radius 2 is 1.92 bits per heavy atom. The van der Waals surface area contributed by atoms with Crippen molar-refractivity contribution in [2.75, 3.05) is 5.32 Å². The molecule has 4 rings (SSSR count). The Hall–Kier alpha value is -3.41. The third-order valence-electron chi connectivity index (χ3n) is 4.12. The zero-order valence-electron chi connectivity index (χ0n) is 13.7. The highest BCUT2D eigenvalue weighted by Gasteiger charge is 2.12. The van der Waals surface area contributed by atoms with E-state index in [4.69, 9.17) is 0 Å². The Morgan fingerprint density at radius 1 is 1.08 bits per heavy atom. The van der Waals surface area contributed by atoms with E-state index in [1.54, 1.807) is 29.0 Å². The largest absolute Gasteiger partial charge is 0.362 e. The fourth-order valence-electron chi connectivity index (χ4n) is 2.80. The number of imidazole rings is 1. The molecule has 25 heavy (non-hydrogen) atoms. The first kappa shape index (κ1) is 15.1. The average molecular weight is 331 g/mol. The van der Waals surface area contributed by atoms with Crippen molar-refractivity contribution < 1.29 is 0 Å². The molecule has 3 aromatic heterocycles. The standard InChI is InChI=1S/C19H17N5O/c1-13(14-6-3-2-4-7-14)22-17-9-10-18-21-12-16(24(18)23-17)15-8-5-11-20-19(15)25/h2-13H,1H3,(H,20,25)(H,22,23)/t13-/m0/s1. The highest BCUT2D eigenvalue weighted by molar-refractivity contribution is 5.62. The second kappa shape index (κ2) is 6.24. The van der Waals surface area contributed by atoms with Gasteiger partial charge in [0.15, 0.2) is 5.65 Å². The molecule has 4 aromatic rings. The molecule has 2 N–H and O–H groups in total. The van der Waals surface area contributed by atoms with Gasteiger partial charge in [-0.2, -0.15) is 0 Å². The molecule has 0 unspecified atom stereocenters. The second-order valence-corrected chi connectivity index (χ2v) is 5.82. The van der Waals surface area contributed by atoms with E-state index in [1.165, 1.54) is 5.56 Å². The summed E-state index contributed by atoms with van der Waals surface area (Å²) in [5.74, 6) is 0.718. The van der Waals surface area contributed by atoms with Gasteiger partial charge in [-0.3, -0.25) is 4.79 Å². The quantitative estimate of drug-likeness (QED) is 0.602. The molecule has 1 aromatic carbocycles. The SMILES string of the molecule is C[C@H](Nc1ccc2ncc(-c3ccc[nH]c3=O)n2n1)c1ccccc1. The molecule has 6 nitrogen and oxygen atoms in total. The summed E-state index contributed by atoms with van der Waals surface area (Å²) in [6.45, 7) is 2.08. The number of nitrogens with zero attached hydrogens (tertiary/aromatic N) is 3. The van der Waals surface area contributed by atoms with E-state index in [0.717, 1.165) is 5.82 Å². The summed E-state index contributed by atoms with van der Waals surface area (Å²) >= 11 is 0. The van der Waals surface area contributed by atoms with Gasteiger partial charge in [0, 0.05) is 12.2 Å². The van der Waals surface area contributed by atoms with Gasteiger partial charge < -0.3 is 10.3 Å². The van der Waals surface area contributed by atoms with Crippen LogP contribution in [0.1, 0.15) is 18.5 Å². The number of nitrogens with one attached hydrogen (secondary N) is 2. The molecule has 3 heterocycles. The van der Waals surface area contributed by atoms with Crippen LogP contribution in [0.25, 0.3) is 16.9 Å². The van der Waals surface area contributed by atoms with E-state index < -0.39 is 0 Å². The zero-order valence-corrected chi connectivity index (χ0v) is 13.7. The first-order chi connectivity index (χ1) is 12.2. The molecular formula is C19H17N5O. The van der Waals surface area contributed by atoms with E-state index in [-0.39, 0.29) is 11.6 Å². The summed E-state index contributed by atoms with van der Waals surface area (Å²) in [6, 6.07) is 17.6. The van der Waals surface area contributed by atoms with E-state index in [1.807, 2.05) is 30.3 Å². The van der Waals surface area contributed by atoms with Gasteiger partial charge in [0.25, 0.3) is 5.56 Å². The lowest BCUT2D eigenvalue weighted by atomic mass is 10.1. The topological polar surface area (TPSA) is 75.1 Å². The molecule has 0 fully saturated rings. The molecule has 0 amide bonds. The maximum atomic E-state index is 12.1. The fraction of sp³-hybridized carbons (Fsp3) is 0.105. The monoisotopic (exact) mass is 331 g/mol. The van der Waals surface area contributed by atoms with Gasteiger partial charge in [-0.25, -0.2) is 9.50 Å². The normalized spacial score (nSPS) is 12.2. The second-order valence-electron chi connectivity index (χ2n) is 5.82. The number of rotatable bonds is 4. The van der Waals surface area contributed by atoms with E-state index >= 15 is 0 Å². The third-order valence-corrected chi connectivity index (χ3v) is 4.12. The number of hydrogen-bond acceptors (Lipinski definition) is 4. The molecule has 6 heteroatoms. The third kappa shape index (κ3) is 2.89. The van der Waals surface area contributed by atoms with Crippen LogP contribution < -0.4 is 10.9 Å². The Balaban J connectivity index is 1.72. The first-order valence-electron chi connectivity index (χ1n) is 8.07. The number of hydrogen-bond donors (Lipinski definition) is 2. The lowest BCUT2D eigenvalue weighted by molar-refractivity contribution is 0.847. The summed E-state index contributed by atoms with van der Waals surface area (Å²) in [5.41, 5.74) is 2.90. The van der Waals surface area contributed by atoms with Crippen LogP contribution in [0.3, 0.4) is 0 Å². The molecule has 1 atom stereocenters. The van der Waals surface area contributed by atoms with Crippen molar-refractivity contribution >= 4 is 11.5 Å². The van der Waals surface area contributed by atoms with E-state index in [9.17, 15) is 4.79 Å². The van der Waals surface area contributed by atoms with Gasteiger partial charge in [-0.15, -0.1) is 5.10 Å². The van der Waals surface area contributed by atoms with Gasteiger partial charge in [-0.1, -0.05) is 30.3 Å². The summed E-state index contributed by atoms with van der Waals surface area (Å²) in [5, 5.41) is 8.00. The molecular weight excluding hydrogens is 314 g/mol. The van der Waals surface area contributed by atoms with Crippen molar-refractivity contribution in [3.05, 3.63) is 82.9 Å². The van der Waals surface area contributed by atoms with Crippen LogP contribution in [0.2, 0.25) is 0 Å². The Bertz CT molecular complexity index is 1070. The average Bonchev–Trinajstić information content (AvgIpc) is 3.06. The van der Waals surface area contributed by atoms with Gasteiger partial charge in [-0.05, 0) is 36.8 Å². The Morgan fingerprint density at radius 3 is 2.72 bits per heavy atom. The van der Waals surface area contributed by atoms with E-state index in [2.05, 4.69) is 39.4 Å². The number of benzene rings is 1. The summed E-state index contributed by atoms with van der Waals surface area (Å²) in [6.07, 6.45) is 3.27. The van der Waals surface area contributed by atoms with Crippen molar-refractivity contribution in [3.8, 4) is 11.3 Å². The van der Waals surface area contributed by atoms with Crippen LogP contribution in [0, 0.1) is 0 Å². The summed E-state index contributed by atoms with van der Waals surface area (Å²) in [4.78, 5) is 19.1. The van der Waals surface area contributed by atoms with Crippen LogP contribution in [-0.2, 0) is 0 Å². The van der Waals surface area contributed by atoms with Gasteiger partial charge in [0.1, 0.15) is 5.82 Å². The molecule has 0 saturated heterocycles. The number of anilines is 1. The van der Waals surface area contributed by atoms with Crippen molar-refractivity contribution in [1.29, 1.82) is 0 Å². The molecule has 0 aliphatic rings. The minimum atomic E-state index is -0.165. The maximum Gasteiger partial charge on any atom is 0.257 e. The number of aromatic amines is 1. The van der Waals surface area contributed by atoms with Crippen molar-refractivity contribution in [2.45, 2.75) is 13.0 Å². The smallest absolute Gasteiger partial charge is 0.257 e. The van der Waals surface area contributed by atoms with Crippen LogP contribution >= 0.6 is 0 Å². The van der Waals surface area contributed by atoms with Gasteiger partial charge in [0.2, 0.25) is 0 Å². The predicted molar refractivity (Wildman–Crippen MR) is 97.5 cm³/mol. The molecule has 0 spiro atoms. The molecule has 0 radical (unpaired) electrons. The van der Waals surface area contributed by atoms with Crippen molar-refractivity contribution in [1.82, 2.24) is 19.6 Å². The Labute approximate surface area is 144 Å². The van der Waals surface area contributed by atoms with Crippen LogP contribution in [-0.4, -0.2) is 19.6 Å². The molecule has 0 saturated carbocycles. The van der Waals surface area contributed by atoms with Crippen molar-refractivity contribution in [2.24, 2.45) is 0 Å². The van der Waals surface area contributed by atoms with Crippen molar-refractivity contribution in [3.63, 3.8) is 0 Å². The first-order valence-corrected chi connectivity index (χ1v) is 8.07. The van der Waals surface area contributed by atoms with Gasteiger partial charge >= 0.3 is 0 Å². The number of fused-ring (bicyclic) bond motifs is 1. The lowest BCUT2D eigenvalue weighted by Gasteiger charge is -2.15. The molecule has 0 aliphatic heterocycles. The fourth-order valence-corrected chi connectivity index (χ4v) is 2.80. The minimum Gasteiger partial charge on any atom is -0.362 e. The molecule has 0 aliphatic carbocycles. The number of H-pyrrole nitrogens is 1. The highest BCUT2D eigenvalue weighted by atomic mass is 16.1. The predicted octanol–water partition coefficient (Wildman–Crippen LogP) is 3.26. The Kier molecular flexibility index (Phi) is 3.78. The molecule has 124 valence electrons. The van der Waals surface area contributed by atoms with Crippen LogP contribution in [0.4, 0.5) is 5.82 Å². The summed E-state index contributed by atoms with van der Waals surface area (Å²) in [7, 11) is 0. The van der Waals surface area contributed by atoms with Crippen LogP contribution in [0.5, 0.6) is 0 Å². The van der Waals surface area contributed by atoms with E-state index in [0.29, 0.717) is 16.9 Å². The van der Waals surface area contributed by atoms with Crippen LogP contribution in [0.15, 0.2) is 71.8 Å². The molecule has 0 bridgehead atoms.